The van der Waals surface area contributed by atoms with Gasteiger partial charge in [0.15, 0.2) is 11.5 Å². The van der Waals surface area contributed by atoms with Crippen LogP contribution < -0.4 is 14.8 Å². The van der Waals surface area contributed by atoms with E-state index in [1.54, 1.807) is 6.07 Å². The number of ether oxygens (including phenoxy) is 2. The van der Waals surface area contributed by atoms with Crippen LogP contribution >= 0.6 is 0 Å². The number of fused-ring (bicyclic) bond motifs is 1. The molecule has 82 valence electrons. The molecule has 0 bridgehead atoms. The van der Waals surface area contributed by atoms with Crippen LogP contribution in [0.4, 0.5) is 0 Å². The Morgan fingerprint density at radius 2 is 1.93 bits per heavy atom. The number of aromatic hydroxyl groups is 1. The minimum atomic E-state index is 0.273. The summed E-state index contributed by atoms with van der Waals surface area (Å²) in [5.41, 5.74) is 0.883. The number of rotatable bonds is 3. The van der Waals surface area contributed by atoms with Gasteiger partial charge in [-0.15, -0.1) is 0 Å². The second-order valence-electron chi connectivity index (χ2n) is 3.48. The molecule has 0 unspecified atom stereocenters. The van der Waals surface area contributed by atoms with E-state index in [9.17, 15) is 5.11 Å². The first-order valence-corrected chi connectivity index (χ1v) is 5.07. The van der Waals surface area contributed by atoms with Gasteiger partial charge >= 0.3 is 0 Å². The Bertz CT molecular complexity index is 352. The lowest BCUT2D eigenvalue weighted by Gasteiger charge is -2.19. The minimum Gasteiger partial charge on any atom is -0.508 e. The molecule has 0 amide bonds. The van der Waals surface area contributed by atoms with E-state index in [1.807, 2.05) is 13.1 Å². The molecule has 0 spiro atoms. The van der Waals surface area contributed by atoms with Gasteiger partial charge in [0, 0.05) is 6.07 Å². The van der Waals surface area contributed by atoms with Crippen LogP contribution in [0.25, 0.3) is 0 Å². The molecule has 15 heavy (non-hydrogen) atoms. The molecule has 0 saturated heterocycles. The van der Waals surface area contributed by atoms with E-state index < -0.39 is 0 Å². The van der Waals surface area contributed by atoms with Crippen molar-refractivity contribution >= 4 is 0 Å². The summed E-state index contributed by atoms with van der Waals surface area (Å²) in [6, 6.07) is 3.47. The van der Waals surface area contributed by atoms with E-state index >= 15 is 0 Å². The molecule has 1 heterocycles. The summed E-state index contributed by atoms with van der Waals surface area (Å²) in [4.78, 5) is 0. The Morgan fingerprint density at radius 1 is 1.27 bits per heavy atom. The van der Waals surface area contributed by atoms with Gasteiger partial charge in [0.2, 0.25) is 0 Å². The third-order valence-electron chi connectivity index (χ3n) is 2.39. The first kappa shape index (κ1) is 10.1. The lowest BCUT2D eigenvalue weighted by molar-refractivity contribution is 0.170. The normalized spacial score (nSPS) is 13.9. The third kappa shape index (κ3) is 2.15. The minimum absolute atomic E-state index is 0.273. The highest BCUT2D eigenvalue weighted by Gasteiger charge is 2.14. The highest BCUT2D eigenvalue weighted by Crippen LogP contribution is 2.36. The zero-order valence-corrected chi connectivity index (χ0v) is 8.75. The fourth-order valence-electron chi connectivity index (χ4n) is 1.58. The highest BCUT2D eigenvalue weighted by atomic mass is 16.6. The van der Waals surface area contributed by atoms with E-state index in [2.05, 4.69) is 5.32 Å². The predicted molar refractivity (Wildman–Crippen MR) is 56.7 cm³/mol. The van der Waals surface area contributed by atoms with Gasteiger partial charge in [0.25, 0.3) is 0 Å². The van der Waals surface area contributed by atoms with Crippen LogP contribution in [-0.4, -0.2) is 31.9 Å². The molecule has 0 fully saturated rings. The summed E-state index contributed by atoms with van der Waals surface area (Å²) in [5, 5.41) is 12.8. The van der Waals surface area contributed by atoms with Crippen molar-refractivity contribution in [2.75, 3.05) is 26.8 Å². The van der Waals surface area contributed by atoms with E-state index in [-0.39, 0.29) is 5.75 Å². The second kappa shape index (κ2) is 4.40. The number of hydrogen-bond donors (Lipinski definition) is 2. The number of phenolic OH excluding ortho intramolecular Hbond substituents is 1. The monoisotopic (exact) mass is 209 g/mol. The highest BCUT2D eigenvalue weighted by molar-refractivity contribution is 5.50. The average Bonchev–Trinajstić information content (AvgIpc) is 2.26. The molecule has 1 aliphatic rings. The van der Waals surface area contributed by atoms with Gasteiger partial charge in [-0.25, -0.2) is 0 Å². The molecule has 0 aliphatic carbocycles. The van der Waals surface area contributed by atoms with Gasteiger partial charge in [0.1, 0.15) is 19.0 Å². The topological polar surface area (TPSA) is 50.7 Å². The van der Waals surface area contributed by atoms with Crippen LogP contribution in [0.3, 0.4) is 0 Å². The molecular formula is C11H15NO3. The predicted octanol–water partition coefficient (Wildman–Crippen LogP) is 0.925. The molecule has 2 rings (SSSR count). The number of hydrogen-bond acceptors (Lipinski definition) is 4. The Labute approximate surface area is 88.8 Å². The van der Waals surface area contributed by atoms with Crippen molar-refractivity contribution in [2.24, 2.45) is 0 Å². The van der Waals surface area contributed by atoms with Crippen molar-refractivity contribution in [3.05, 3.63) is 17.7 Å². The molecular weight excluding hydrogens is 194 g/mol. The molecule has 2 N–H and O–H groups in total. The molecule has 4 heteroatoms. The van der Waals surface area contributed by atoms with Crippen molar-refractivity contribution in [3.8, 4) is 17.2 Å². The number of benzene rings is 1. The Hall–Kier alpha value is -1.42. The SMILES string of the molecule is CNCCc1cc2c(cc1O)OCCO2. The van der Waals surface area contributed by atoms with Crippen molar-refractivity contribution in [3.63, 3.8) is 0 Å². The summed E-state index contributed by atoms with van der Waals surface area (Å²) >= 11 is 0. The van der Waals surface area contributed by atoms with E-state index in [0.29, 0.717) is 19.0 Å². The first-order valence-electron chi connectivity index (χ1n) is 5.07. The van der Waals surface area contributed by atoms with Crippen molar-refractivity contribution in [1.82, 2.24) is 5.32 Å². The zero-order chi connectivity index (χ0) is 10.7. The molecule has 0 aromatic heterocycles. The smallest absolute Gasteiger partial charge is 0.165 e. The van der Waals surface area contributed by atoms with Crippen LogP contribution in [0.1, 0.15) is 5.56 Å². The molecule has 0 radical (unpaired) electrons. The van der Waals surface area contributed by atoms with Crippen LogP contribution in [0.2, 0.25) is 0 Å². The summed E-state index contributed by atoms with van der Waals surface area (Å²) in [6.45, 7) is 1.94. The number of nitrogens with one attached hydrogen (secondary N) is 1. The standard InChI is InChI=1S/C11H15NO3/c1-12-3-2-8-6-10-11(7-9(8)13)15-5-4-14-10/h6-7,12-13H,2-5H2,1H3. The summed E-state index contributed by atoms with van der Waals surface area (Å²) in [5.74, 6) is 1.63. The quantitative estimate of drug-likeness (QED) is 0.777. The van der Waals surface area contributed by atoms with Gasteiger partial charge < -0.3 is 19.9 Å². The number of phenols is 1. The zero-order valence-electron chi connectivity index (χ0n) is 8.75. The van der Waals surface area contributed by atoms with E-state index in [1.165, 1.54) is 0 Å². The van der Waals surface area contributed by atoms with Crippen LogP contribution in [0.5, 0.6) is 17.2 Å². The fourth-order valence-corrected chi connectivity index (χ4v) is 1.58. The van der Waals surface area contributed by atoms with Crippen molar-refractivity contribution < 1.29 is 14.6 Å². The Balaban J connectivity index is 2.24. The maximum Gasteiger partial charge on any atom is 0.165 e. The lowest BCUT2D eigenvalue weighted by Crippen LogP contribution is -2.16. The van der Waals surface area contributed by atoms with E-state index in [4.69, 9.17) is 9.47 Å². The molecule has 0 saturated carbocycles. The summed E-state index contributed by atoms with van der Waals surface area (Å²) in [7, 11) is 1.88. The van der Waals surface area contributed by atoms with Gasteiger partial charge in [0.05, 0.1) is 0 Å². The lowest BCUT2D eigenvalue weighted by atomic mass is 10.1. The molecule has 4 nitrogen and oxygen atoms in total. The average molecular weight is 209 g/mol. The molecule has 1 aliphatic heterocycles. The fraction of sp³-hybridized carbons (Fsp3) is 0.455. The largest absolute Gasteiger partial charge is 0.508 e. The van der Waals surface area contributed by atoms with Crippen molar-refractivity contribution in [2.45, 2.75) is 6.42 Å². The van der Waals surface area contributed by atoms with Gasteiger partial charge in [-0.2, -0.15) is 0 Å². The Kier molecular flexibility index (Phi) is 2.97. The molecule has 1 aromatic carbocycles. The number of likely N-dealkylation sites (N-methyl/N-ethyl adjacent to an activating group) is 1. The summed E-state index contributed by atoms with van der Waals surface area (Å²) in [6.07, 6.45) is 0.777. The third-order valence-corrected chi connectivity index (χ3v) is 2.39. The maximum atomic E-state index is 9.73. The van der Waals surface area contributed by atoms with Gasteiger partial charge in [-0.05, 0) is 31.6 Å². The maximum absolute atomic E-state index is 9.73. The second-order valence-corrected chi connectivity index (χ2v) is 3.48. The van der Waals surface area contributed by atoms with Crippen LogP contribution in [-0.2, 0) is 6.42 Å². The van der Waals surface area contributed by atoms with E-state index in [0.717, 1.165) is 24.3 Å². The first-order chi connectivity index (χ1) is 7.31. The molecule has 0 atom stereocenters. The van der Waals surface area contributed by atoms with Crippen LogP contribution in [0, 0.1) is 0 Å². The molecule has 1 aromatic rings. The summed E-state index contributed by atoms with van der Waals surface area (Å²) < 4.78 is 10.8. The van der Waals surface area contributed by atoms with Crippen LogP contribution in [0.15, 0.2) is 12.1 Å². The van der Waals surface area contributed by atoms with Gasteiger partial charge in [-0.3, -0.25) is 0 Å². The van der Waals surface area contributed by atoms with Crippen molar-refractivity contribution in [1.29, 1.82) is 0 Å². The van der Waals surface area contributed by atoms with Gasteiger partial charge in [-0.1, -0.05) is 0 Å². The Morgan fingerprint density at radius 3 is 2.60 bits per heavy atom.